The fourth-order valence-electron chi connectivity index (χ4n) is 4.39. The second kappa shape index (κ2) is 13.5. The van der Waals surface area contributed by atoms with Crippen molar-refractivity contribution in [3.05, 3.63) is 59.7 Å². The monoisotopic (exact) mass is 578 g/mol. The fourth-order valence-corrected chi connectivity index (χ4v) is 4.39. The highest BCUT2D eigenvalue weighted by atomic mass is 19.4. The van der Waals surface area contributed by atoms with Gasteiger partial charge in [-0.3, -0.25) is 19.7 Å². The van der Waals surface area contributed by atoms with E-state index in [9.17, 15) is 31.1 Å². The van der Waals surface area contributed by atoms with Crippen LogP contribution in [0.25, 0.3) is 0 Å². The Balaban J connectivity index is 0.000000333. The van der Waals surface area contributed by atoms with Crippen LogP contribution in [0.2, 0.25) is 0 Å². The van der Waals surface area contributed by atoms with Crippen molar-refractivity contribution >= 4 is 17.8 Å². The van der Waals surface area contributed by atoms with Gasteiger partial charge in [0.2, 0.25) is 5.91 Å². The van der Waals surface area contributed by atoms with E-state index >= 15 is 0 Å². The van der Waals surface area contributed by atoms with Crippen LogP contribution in [0.5, 0.6) is 0 Å². The summed E-state index contributed by atoms with van der Waals surface area (Å²) in [5.74, 6) is -5.20. The second-order valence-electron chi connectivity index (χ2n) is 9.27. The van der Waals surface area contributed by atoms with Crippen LogP contribution in [-0.4, -0.2) is 79.8 Å². The lowest BCUT2D eigenvalue weighted by atomic mass is 9.78. The standard InChI is InChI=1S/C21H26N4O.2C2HF3O2/c1-17-6-4-8-19(23-17)15-25-13-10-21(20(25)26)9-5-12-24(16-21)14-18-7-2-3-11-22-18;2*3-2(4,5)1(6)7/h2-4,6-8,11H,5,9-10,12-16H2,1H3;2*(H,6,7). The van der Waals surface area contributed by atoms with Gasteiger partial charge in [-0.1, -0.05) is 12.1 Å². The summed E-state index contributed by atoms with van der Waals surface area (Å²) in [6, 6.07) is 12.1. The zero-order chi connectivity index (χ0) is 30.1. The minimum atomic E-state index is -5.08. The van der Waals surface area contributed by atoms with Gasteiger partial charge in [-0.25, -0.2) is 9.59 Å². The van der Waals surface area contributed by atoms with Gasteiger partial charge in [0.25, 0.3) is 0 Å². The molecule has 2 N–H and O–H groups in total. The highest BCUT2D eigenvalue weighted by Crippen LogP contribution is 2.40. The maximum absolute atomic E-state index is 13.2. The SMILES string of the molecule is Cc1cccc(CN2CCC3(CCCN(Cc4ccccn4)C3)C2=O)n1.O=C(O)C(F)(F)F.O=C(O)C(F)(F)F. The number of carboxylic acids is 2. The van der Waals surface area contributed by atoms with Crippen LogP contribution in [-0.2, 0) is 27.5 Å². The van der Waals surface area contributed by atoms with Crippen molar-refractivity contribution in [1.29, 1.82) is 0 Å². The number of aromatic nitrogens is 2. The number of hydrogen-bond donors (Lipinski definition) is 2. The number of hydrogen-bond acceptors (Lipinski definition) is 6. The smallest absolute Gasteiger partial charge is 0.475 e. The third-order valence-electron chi connectivity index (χ3n) is 6.15. The number of pyridine rings is 2. The topological polar surface area (TPSA) is 124 Å². The lowest BCUT2D eigenvalue weighted by molar-refractivity contribution is -0.193. The molecule has 1 unspecified atom stereocenters. The van der Waals surface area contributed by atoms with Gasteiger partial charge in [-0.05, 0) is 57.0 Å². The lowest BCUT2D eigenvalue weighted by Gasteiger charge is -2.38. The average Bonchev–Trinajstić information content (AvgIpc) is 3.14. The molecule has 2 saturated heterocycles. The highest BCUT2D eigenvalue weighted by Gasteiger charge is 2.48. The van der Waals surface area contributed by atoms with Gasteiger partial charge in [0.1, 0.15) is 0 Å². The molecule has 4 heterocycles. The van der Waals surface area contributed by atoms with Gasteiger partial charge in [0.05, 0.1) is 23.3 Å². The molecule has 2 aromatic rings. The zero-order valence-corrected chi connectivity index (χ0v) is 21.4. The quantitative estimate of drug-likeness (QED) is 0.521. The molecule has 1 spiro atoms. The number of carbonyl (C=O) groups is 3. The van der Waals surface area contributed by atoms with Crippen LogP contribution in [0, 0.1) is 12.3 Å². The Morgan fingerprint density at radius 1 is 0.900 bits per heavy atom. The van der Waals surface area contributed by atoms with E-state index in [4.69, 9.17) is 19.8 Å². The van der Waals surface area contributed by atoms with Crippen LogP contribution < -0.4 is 0 Å². The van der Waals surface area contributed by atoms with Gasteiger partial charge in [0.15, 0.2) is 0 Å². The summed E-state index contributed by atoms with van der Waals surface area (Å²) in [6.45, 7) is 6.18. The Kier molecular flexibility index (Phi) is 11.0. The summed E-state index contributed by atoms with van der Waals surface area (Å²) in [5.41, 5.74) is 2.85. The summed E-state index contributed by atoms with van der Waals surface area (Å²) in [5, 5.41) is 14.2. The molecule has 1 atom stereocenters. The Hall–Kier alpha value is -3.75. The largest absolute Gasteiger partial charge is 0.490 e. The van der Waals surface area contributed by atoms with Gasteiger partial charge in [-0.2, -0.15) is 26.3 Å². The third kappa shape index (κ3) is 9.77. The first kappa shape index (κ1) is 32.5. The van der Waals surface area contributed by atoms with E-state index in [-0.39, 0.29) is 5.41 Å². The van der Waals surface area contributed by atoms with Gasteiger partial charge < -0.3 is 15.1 Å². The van der Waals surface area contributed by atoms with E-state index < -0.39 is 24.3 Å². The molecule has 220 valence electrons. The van der Waals surface area contributed by atoms with Crippen molar-refractivity contribution in [1.82, 2.24) is 19.8 Å². The Labute approximate surface area is 225 Å². The summed E-state index contributed by atoms with van der Waals surface area (Å²) in [7, 11) is 0. The van der Waals surface area contributed by atoms with Gasteiger partial charge in [-0.15, -0.1) is 0 Å². The summed E-state index contributed by atoms with van der Waals surface area (Å²) < 4.78 is 63.5. The second-order valence-corrected chi connectivity index (χ2v) is 9.27. The number of alkyl halides is 6. The van der Waals surface area contributed by atoms with E-state index in [1.54, 1.807) is 0 Å². The predicted octanol–water partition coefficient (Wildman–Crippen LogP) is 4.07. The minimum Gasteiger partial charge on any atom is -0.475 e. The molecule has 0 saturated carbocycles. The number of piperidine rings is 1. The molecule has 2 aliphatic rings. The fraction of sp³-hybridized carbons (Fsp3) is 0.480. The molecule has 4 rings (SSSR count). The van der Waals surface area contributed by atoms with Crippen molar-refractivity contribution < 1.29 is 50.9 Å². The van der Waals surface area contributed by atoms with E-state index in [2.05, 4.69) is 20.9 Å². The molecule has 9 nitrogen and oxygen atoms in total. The van der Waals surface area contributed by atoms with Crippen molar-refractivity contribution in [3.63, 3.8) is 0 Å². The Morgan fingerprint density at radius 2 is 1.50 bits per heavy atom. The molecule has 0 radical (unpaired) electrons. The lowest BCUT2D eigenvalue weighted by Crippen LogP contribution is -2.47. The van der Waals surface area contributed by atoms with Crippen molar-refractivity contribution in [2.24, 2.45) is 5.41 Å². The number of nitrogens with zero attached hydrogens (tertiary/aromatic N) is 4. The summed E-state index contributed by atoms with van der Waals surface area (Å²) >= 11 is 0. The zero-order valence-electron chi connectivity index (χ0n) is 21.4. The van der Waals surface area contributed by atoms with Crippen molar-refractivity contribution in [2.45, 2.75) is 51.6 Å². The number of amides is 1. The van der Waals surface area contributed by atoms with Crippen LogP contribution in [0.1, 0.15) is 36.3 Å². The first-order valence-electron chi connectivity index (χ1n) is 12.0. The molecule has 2 aromatic heterocycles. The summed E-state index contributed by atoms with van der Waals surface area (Å²) in [6.07, 6.45) is -5.29. The Bertz CT molecular complexity index is 1140. The van der Waals surface area contributed by atoms with E-state index in [1.165, 1.54) is 0 Å². The van der Waals surface area contributed by atoms with E-state index in [0.29, 0.717) is 12.5 Å². The maximum atomic E-state index is 13.2. The van der Waals surface area contributed by atoms with Crippen LogP contribution >= 0.6 is 0 Å². The molecular formula is C25H28F6N4O5. The minimum absolute atomic E-state index is 0.211. The van der Waals surface area contributed by atoms with Crippen LogP contribution in [0.3, 0.4) is 0 Å². The highest BCUT2D eigenvalue weighted by molar-refractivity contribution is 5.85. The number of halogens is 6. The number of carbonyl (C=O) groups excluding carboxylic acids is 1. The van der Waals surface area contributed by atoms with Crippen LogP contribution in [0.4, 0.5) is 26.3 Å². The number of likely N-dealkylation sites (tertiary alicyclic amines) is 2. The normalized spacial score (nSPS) is 19.4. The number of rotatable bonds is 4. The molecule has 0 bridgehead atoms. The van der Waals surface area contributed by atoms with E-state index in [1.807, 2.05) is 48.4 Å². The molecule has 40 heavy (non-hydrogen) atoms. The molecular weight excluding hydrogens is 550 g/mol. The average molecular weight is 579 g/mol. The van der Waals surface area contributed by atoms with Crippen LogP contribution in [0.15, 0.2) is 42.6 Å². The molecule has 15 heteroatoms. The maximum Gasteiger partial charge on any atom is 0.490 e. The molecule has 0 aliphatic carbocycles. The molecule has 0 aromatic carbocycles. The van der Waals surface area contributed by atoms with Crippen molar-refractivity contribution in [3.8, 4) is 0 Å². The first-order valence-corrected chi connectivity index (χ1v) is 12.0. The number of aliphatic carboxylic acids is 2. The predicted molar refractivity (Wildman–Crippen MR) is 128 cm³/mol. The molecule has 2 aliphatic heterocycles. The number of aryl methyl sites for hydroxylation is 1. The van der Waals surface area contributed by atoms with Crippen molar-refractivity contribution in [2.75, 3.05) is 19.6 Å². The molecule has 1 amide bonds. The van der Waals surface area contributed by atoms with Gasteiger partial charge in [0, 0.05) is 31.5 Å². The third-order valence-corrected chi connectivity index (χ3v) is 6.15. The van der Waals surface area contributed by atoms with Gasteiger partial charge >= 0.3 is 24.3 Å². The Morgan fingerprint density at radius 3 is 2.02 bits per heavy atom. The first-order chi connectivity index (χ1) is 18.5. The number of carboxylic acid groups (broad SMARTS) is 2. The summed E-state index contributed by atoms with van der Waals surface area (Å²) in [4.78, 5) is 44.4. The molecule has 2 fully saturated rings. The van der Waals surface area contributed by atoms with E-state index in [0.717, 1.165) is 62.5 Å².